The van der Waals surface area contributed by atoms with E-state index in [9.17, 15) is 0 Å². The van der Waals surface area contributed by atoms with Gasteiger partial charge in [0, 0.05) is 37.5 Å². The number of hydrogen-bond acceptors (Lipinski definition) is 7. The topological polar surface area (TPSA) is 83.3 Å². The monoisotopic (exact) mass is 381 g/mol. The minimum atomic E-state index is 0.242. The fourth-order valence-corrected chi connectivity index (χ4v) is 3.27. The summed E-state index contributed by atoms with van der Waals surface area (Å²) < 4.78 is 17.9. The van der Waals surface area contributed by atoms with Gasteiger partial charge in [0.15, 0.2) is 11.5 Å². The summed E-state index contributed by atoms with van der Waals surface area (Å²) in [4.78, 5) is 9.41. The van der Waals surface area contributed by atoms with Gasteiger partial charge in [0.2, 0.25) is 12.7 Å². The number of rotatable bonds is 6. The molecule has 0 saturated heterocycles. The van der Waals surface area contributed by atoms with Gasteiger partial charge in [-0.3, -0.25) is 4.68 Å². The molecule has 0 bridgehead atoms. The first-order valence-corrected chi connectivity index (χ1v) is 9.09. The third-order valence-corrected chi connectivity index (χ3v) is 4.75. The van der Waals surface area contributed by atoms with Gasteiger partial charge in [0.1, 0.15) is 0 Å². The Morgan fingerprint density at radius 2 is 1.89 bits per heavy atom. The second kappa shape index (κ2) is 7.47. The van der Waals surface area contributed by atoms with Crippen LogP contribution in [0.15, 0.2) is 24.3 Å². The highest BCUT2D eigenvalue weighted by molar-refractivity contribution is 5.73. The highest BCUT2D eigenvalue weighted by Crippen LogP contribution is 2.36. The van der Waals surface area contributed by atoms with Gasteiger partial charge in [-0.1, -0.05) is 0 Å². The zero-order valence-corrected chi connectivity index (χ0v) is 16.4. The maximum absolute atomic E-state index is 5.52. The number of aryl methyl sites for hydroxylation is 2. The van der Waals surface area contributed by atoms with Gasteiger partial charge in [0.25, 0.3) is 0 Å². The molecule has 2 aromatic heterocycles. The van der Waals surface area contributed by atoms with Gasteiger partial charge < -0.3 is 19.5 Å². The minimum Gasteiger partial charge on any atom is -0.454 e. The lowest BCUT2D eigenvalue weighted by Gasteiger charge is -2.11. The molecule has 3 heterocycles. The Kier molecular flexibility index (Phi) is 4.87. The van der Waals surface area contributed by atoms with E-state index in [1.165, 1.54) is 0 Å². The van der Waals surface area contributed by atoms with Crippen LogP contribution >= 0.6 is 0 Å². The Balaban J connectivity index is 1.80. The molecule has 0 saturated carbocycles. The number of ether oxygens (including phenoxy) is 3. The molecule has 0 spiro atoms. The van der Waals surface area contributed by atoms with Crippen molar-refractivity contribution < 1.29 is 14.2 Å². The van der Waals surface area contributed by atoms with E-state index in [2.05, 4.69) is 10.4 Å². The summed E-state index contributed by atoms with van der Waals surface area (Å²) in [6.07, 6.45) is 0. The maximum Gasteiger partial charge on any atom is 0.231 e. The van der Waals surface area contributed by atoms with Gasteiger partial charge in [-0.15, -0.1) is 0 Å². The third kappa shape index (κ3) is 3.38. The molecule has 1 aliphatic rings. The van der Waals surface area contributed by atoms with E-state index in [1.54, 1.807) is 7.11 Å². The number of aromatic nitrogens is 4. The fraction of sp³-hybridized carbons (Fsp3) is 0.350. The Bertz CT molecular complexity index is 1020. The number of anilines is 1. The number of fused-ring (bicyclic) bond motifs is 1. The van der Waals surface area contributed by atoms with E-state index < -0.39 is 0 Å². The van der Waals surface area contributed by atoms with Crippen LogP contribution in [0.25, 0.3) is 22.5 Å². The Hall–Kier alpha value is -3.13. The van der Waals surface area contributed by atoms with Crippen molar-refractivity contribution >= 4 is 5.95 Å². The molecule has 1 aromatic carbocycles. The summed E-state index contributed by atoms with van der Waals surface area (Å²) in [7, 11) is 3.60. The molecule has 0 atom stereocenters. The molecule has 0 fully saturated rings. The second-order valence-corrected chi connectivity index (χ2v) is 6.62. The van der Waals surface area contributed by atoms with Crippen molar-refractivity contribution in [3.63, 3.8) is 0 Å². The summed E-state index contributed by atoms with van der Waals surface area (Å²) in [6, 6.07) is 7.80. The molecule has 1 aliphatic heterocycles. The molecule has 0 aliphatic carbocycles. The van der Waals surface area contributed by atoms with Crippen LogP contribution in [-0.2, 0) is 11.8 Å². The zero-order chi connectivity index (χ0) is 19.7. The van der Waals surface area contributed by atoms with Gasteiger partial charge in [-0.25, -0.2) is 9.97 Å². The smallest absolute Gasteiger partial charge is 0.231 e. The summed E-state index contributed by atoms with van der Waals surface area (Å²) in [6.45, 7) is 5.45. The zero-order valence-electron chi connectivity index (χ0n) is 16.4. The summed E-state index contributed by atoms with van der Waals surface area (Å²) in [5.41, 5.74) is 5.55. The van der Waals surface area contributed by atoms with Gasteiger partial charge in [-0.2, -0.15) is 5.10 Å². The van der Waals surface area contributed by atoms with E-state index in [1.807, 2.05) is 49.8 Å². The average molecular weight is 381 g/mol. The molecular weight excluding hydrogens is 358 g/mol. The van der Waals surface area contributed by atoms with Crippen molar-refractivity contribution in [2.75, 3.05) is 32.4 Å². The van der Waals surface area contributed by atoms with Crippen molar-refractivity contribution in [1.82, 2.24) is 19.7 Å². The predicted octanol–water partition coefficient (Wildman–Crippen LogP) is 2.95. The third-order valence-electron chi connectivity index (χ3n) is 4.75. The van der Waals surface area contributed by atoms with Crippen molar-refractivity contribution in [2.45, 2.75) is 13.8 Å². The average Bonchev–Trinajstić information content (AvgIpc) is 3.25. The highest BCUT2D eigenvalue weighted by Gasteiger charge is 2.18. The summed E-state index contributed by atoms with van der Waals surface area (Å²) in [5.74, 6) is 2.01. The van der Waals surface area contributed by atoms with Crippen LogP contribution < -0.4 is 14.8 Å². The van der Waals surface area contributed by atoms with Crippen molar-refractivity contribution in [3.05, 3.63) is 35.7 Å². The number of nitrogens with zero attached hydrogens (tertiary/aromatic N) is 4. The minimum absolute atomic E-state index is 0.242. The maximum atomic E-state index is 5.52. The van der Waals surface area contributed by atoms with Crippen molar-refractivity contribution in [3.8, 4) is 34.0 Å². The van der Waals surface area contributed by atoms with E-state index in [-0.39, 0.29) is 6.79 Å². The fourth-order valence-electron chi connectivity index (χ4n) is 3.27. The quantitative estimate of drug-likeness (QED) is 0.657. The number of nitrogens with one attached hydrogen (secondary N) is 1. The van der Waals surface area contributed by atoms with Gasteiger partial charge >= 0.3 is 0 Å². The molecular formula is C20H23N5O3. The van der Waals surface area contributed by atoms with Crippen LogP contribution in [-0.4, -0.2) is 46.8 Å². The SMILES string of the molecule is COCCNc1nc(-c2ccc3c(c2)OCO3)cc(-c2c(C)nn(C)c2C)n1. The first-order valence-electron chi connectivity index (χ1n) is 9.09. The van der Waals surface area contributed by atoms with Crippen LogP contribution in [0.4, 0.5) is 5.95 Å². The van der Waals surface area contributed by atoms with Gasteiger partial charge in [-0.05, 0) is 38.1 Å². The standard InChI is InChI=1S/C20H23N5O3/c1-12-19(13(2)25(3)24-12)16-10-15(22-20(23-16)21-7-8-26-4)14-5-6-17-18(9-14)28-11-27-17/h5-6,9-10H,7-8,11H2,1-4H3,(H,21,22,23). The molecule has 0 unspecified atom stereocenters. The molecule has 28 heavy (non-hydrogen) atoms. The predicted molar refractivity (Wildman–Crippen MR) is 106 cm³/mol. The molecule has 8 heteroatoms. The lowest BCUT2D eigenvalue weighted by atomic mass is 10.1. The Labute approximate surface area is 163 Å². The number of methoxy groups -OCH3 is 1. The molecule has 4 rings (SSSR count). The molecule has 0 amide bonds. The Morgan fingerprint density at radius 1 is 1.11 bits per heavy atom. The lowest BCUT2D eigenvalue weighted by Crippen LogP contribution is -2.11. The van der Waals surface area contributed by atoms with Gasteiger partial charge in [0.05, 0.1) is 23.7 Å². The summed E-state index contributed by atoms with van der Waals surface area (Å²) >= 11 is 0. The number of benzene rings is 1. The lowest BCUT2D eigenvalue weighted by molar-refractivity contribution is 0.174. The van der Waals surface area contributed by atoms with E-state index in [4.69, 9.17) is 24.2 Å². The molecule has 3 aromatic rings. The van der Waals surface area contributed by atoms with E-state index in [0.29, 0.717) is 19.1 Å². The molecule has 146 valence electrons. The van der Waals surface area contributed by atoms with Crippen molar-refractivity contribution in [1.29, 1.82) is 0 Å². The molecule has 0 radical (unpaired) electrons. The normalized spacial score (nSPS) is 12.4. The molecule has 1 N–H and O–H groups in total. The Morgan fingerprint density at radius 3 is 2.64 bits per heavy atom. The highest BCUT2D eigenvalue weighted by atomic mass is 16.7. The van der Waals surface area contributed by atoms with E-state index in [0.717, 1.165) is 45.4 Å². The van der Waals surface area contributed by atoms with Crippen molar-refractivity contribution in [2.24, 2.45) is 7.05 Å². The van der Waals surface area contributed by atoms with Crippen LogP contribution in [0.5, 0.6) is 11.5 Å². The number of hydrogen-bond donors (Lipinski definition) is 1. The first-order chi connectivity index (χ1) is 13.6. The summed E-state index contributed by atoms with van der Waals surface area (Å²) in [5, 5.41) is 7.75. The van der Waals surface area contributed by atoms with E-state index >= 15 is 0 Å². The largest absolute Gasteiger partial charge is 0.454 e. The second-order valence-electron chi connectivity index (χ2n) is 6.62. The van der Waals surface area contributed by atoms with Crippen LogP contribution in [0.1, 0.15) is 11.4 Å². The van der Waals surface area contributed by atoms with Crippen LogP contribution in [0.2, 0.25) is 0 Å². The van der Waals surface area contributed by atoms with Crippen LogP contribution in [0.3, 0.4) is 0 Å². The first kappa shape index (κ1) is 18.2. The van der Waals surface area contributed by atoms with Crippen LogP contribution in [0, 0.1) is 13.8 Å². The molecule has 8 nitrogen and oxygen atoms in total.